The molecule has 88 valence electrons. The van der Waals surface area contributed by atoms with Crippen LogP contribution in [0.15, 0.2) is 30.3 Å². The first-order chi connectivity index (χ1) is 7.77. The molecule has 2 rings (SSSR count). The van der Waals surface area contributed by atoms with Gasteiger partial charge in [0.1, 0.15) is 0 Å². The topological polar surface area (TPSA) is 24.1 Å². The van der Waals surface area contributed by atoms with Crippen LogP contribution >= 0.6 is 0 Å². The third-order valence-electron chi connectivity index (χ3n) is 3.59. The Balaban J connectivity index is 1.94. The van der Waals surface area contributed by atoms with E-state index in [0.717, 1.165) is 12.5 Å². The molecule has 1 fully saturated rings. The van der Waals surface area contributed by atoms with Crippen LogP contribution in [0.1, 0.15) is 31.9 Å². The zero-order valence-electron chi connectivity index (χ0n) is 10.2. The van der Waals surface area contributed by atoms with Gasteiger partial charge in [0.05, 0.1) is 0 Å². The molecule has 1 aliphatic heterocycles. The van der Waals surface area contributed by atoms with Gasteiger partial charge in [-0.1, -0.05) is 37.3 Å². The van der Waals surface area contributed by atoms with Crippen molar-refractivity contribution in [2.75, 3.05) is 13.1 Å². The maximum atomic E-state index is 3.72. The van der Waals surface area contributed by atoms with Crippen LogP contribution in [0.4, 0.5) is 0 Å². The Labute approximate surface area is 98.4 Å². The third kappa shape index (κ3) is 2.83. The van der Waals surface area contributed by atoms with Crippen molar-refractivity contribution in [3.8, 4) is 0 Å². The van der Waals surface area contributed by atoms with Crippen molar-refractivity contribution in [3.63, 3.8) is 0 Å². The summed E-state index contributed by atoms with van der Waals surface area (Å²) in [5.74, 6) is 0.771. The summed E-state index contributed by atoms with van der Waals surface area (Å²) in [6.07, 6.45) is 1.28. The van der Waals surface area contributed by atoms with E-state index in [1.165, 1.54) is 18.5 Å². The molecule has 1 unspecified atom stereocenters. The van der Waals surface area contributed by atoms with Gasteiger partial charge in [0.15, 0.2) is 0 Å². The zero-order chi connectivity index (χ0) is 11.4. The predicted molar refractivity (Wildman–Crippen MR) is 68.4 cm³/mol. The molecule has 1 saturated heterocycles. The SMILES string of the molecule is CC1CCNC[C@@H]1N[C@@H](C)c1ccccc1. The van der Waals surface area contributed by atoms with Crippen LogP contribution in [-0.4, -0.2) is 19.1 Å². The fraction of sp³-hybridized carbons (Fsp3) is 0.571. The molecule has 0 radical (unpaired) electrons. The third-order valence-corrected chi connectivity index (χ3v) is 3.59. The average molecular weight is 218 g/mol. The van der Waals surface area contributed by atoms with Crippen molar-refractivity contribution in [2.45, 2.75) is 32.4 Å². The van der Waals surface area contributed by atoms with E-state index in [4.69, 9.17) is 0 Å². The first-order valence-corrected chi connectivity index (χ1v) is 6.29. The highest BCUT2D eigenvalue weighted by atomic mass is 15.0. The van der Waals surface area contributed by atoms with E-state index in [0.29, 0.717) is 12.1 Å². The standard InChI is InChI=1S/C14H22N2/c1-11-8-9-15-10-14(11)16-12(2)13-6-4-3-5-7-13/h3-7,11-12,14-16H,8-10H2,1-2H3/t11?,12-,14-/m0/s1. The number of nitrogens with one attached hydrogen (secondary N) is 2. The van der Waals surface area contributed by atoms with Crippen molar-refractivity contribution < 1.29 is 0 Å². The second-order valence-electron chi connectivity index (χ2n) is 4.88. The van der Waals surface area contributed by atoms with Gasteiger partial charge >= 0.3 is 0 Å². The lowest BCUT2D eigenvalue weighted by Gasteiger charge is -2.33. The number of piperidine rings is 1. The lowest BCUT2D eigenvalue weighted by Crippen LogP contribution is -2.48. The molecule has 2 N–H and O–H groups in total. The number of benzene rings is 1. The molecule has 1 aliphatic rings. The van der Waals surface area contributed by atoms with Gasteiger partial charge in [0, 0.05) is 18.6 Å². The van der Waals surface area contributed by atoms with Gasteiger partial charge in [-0.05, 0) is 31.4 Å². The molecule has 0 aromatic heterocycles. The molecule has 0 amide bonds. The lowest BCUT2D eigenvalue weighted by molar-refractivity contribution is 0.278. The highest BCUT2D eigenvalue weighted by molar-refractivity contribution is 5.18. The minimum absolute atomic E-state index is 0.438. The Morgan fingerprint density at radius 3 is 2.75 bits per heavy atom. The van der Waals surface area contributed by atoms with E-state index in [1.807, 2.05) is 0 Å². The Kier molecular flexibility index (Phi) is 3.97. The normalized spacial score (nSPS) is 27.6. The van der Waals surface area contributed by atoms with Gasteiger partial charge in [-0.3, -0.25) is 0 Å². The van der Waals surface area contributed by atoms with Crippen LogP contribution in [0, 0.1) is 5.92 Å². The van der Waals surface area contributed by atoms with Crippen LogP contribution in [0.2, 0.25) is 0 Å². The van der Waals surface area contributed by atoms with Crippen LogP contribution in [0.3, 0.4) is 0 Å². The van der Waals surface area contributed by atoms with Gasteiger partial charge in [-0.25, -0.2) is 0 Å². The van der Waals surface area contributed by atoms with Crippen LogP contribution in [-0.2, 0) is 0 Å². The molecular weight excluding hydrogens is 196 g/mol. The summed E-state index contributed by atoms with van der Waals surface area (Å²) in [5, 5.41) is 7.18. The smallest absolute Gasteiger partial charge is 0.0294 e. The van der Waals surface area contributed by atoms with E-state index < -0.39 is 0 Å². The fourth-order valence-corrected chi connectivity index (χ4v) is 2.37. The molecule has 2 heteroatoms. The molecule has 1 aromatic carbocycles. The van der Waals surface area contributed by atoms with Crippen molar-refractivity contribution in [1.29, 1.82) is 0 Å². The fourth-order valence-electron chi connectivity index (χ4n) is 2.37. The Hall–Kier alpha value is -0.860. The van der Waals surface area contributed by atoms with Crippen molar-refractivity contribution in [3.05, 3.63) is 35.9 Å². The zero-order valence-corrected chi connectivity index (χ0v) is 10.2. The minimum Gasteiger partial charge on any atom is -0.315 e. The molecule has 0 spiro atoms. The quantitative estimate of drug-likeness (QED) is 0.813. The average Bonchev–Trinajstić information content (AvgIpc) is 2.33. The number of rotatable bonds is 3. The summed E-state index contributed by atoms with van der Waals surface area (Å²) >= 11 is 0. The van der Waals surface area contributed by atoms with Gasteiger partial charge in [0.2, 0.25) is 0 Å². The summed E-state index contributed by atoms with van der Waals surface area (Å²) < 4.78 is 0. The van der Waals surface area contributed by atoms with Crippen LogP contribution < -0.4 is 10.6 Å². The maximum absolute atomic E-state index is 3.72. The maximum Gasteiger partial charge on any atom is 0.0294 e. The van der Waals surface area contributed by atoms with Gasteiger partial charge in [-0.15, -0.1) is 0 Å². The number of hydrogen-bond donors (Lipinski definition) is 2. The van der Waals surface area contributed by atoms with E-state index in [2.05, 4.69) is 54.8 Å². The highest BCUT2D eigenvalue weighted by Gasteiger charge is 2.22. The van der Waals surface area contributed by atoms with E-state index in [9.17, 15) is 0 Å². The van der Waals surface area contributed by atoms with Crippen molar-refractivity contribution in [1.82, 2.24) is 10.6 Å². The van der Waals surface area contributed by atoms with Crippen molar-refractivity contribution in [2.24, 2.45) is 5.92 Å². The van der Waals surface area contributed by atoms with Crippen LogP contribution in [0.5, 0.6) is 0 Å². The second-order valence-corrected chi connectivity index (χ2v) is 4.88. The number of hydrogen-bond acceptors (Lipinski definition) is 2. The first-order valence-electron chi connectivity index (χ1n) is 6.29. The van der Waals surface area contributed by atoms with Crippen molar-refractivity contribution >= 4 is 0 Å². The second kappa shape index (κ2) is 5.46. The summed E-state index contributed by atoms with van der Waals surface area (Å²) in [6.45, 7) is 6.85. The molecule has 1 heterocycles. The Bertz CT molecular complexity index is 310. The van der Waals surface area contributed by atoms with E-state index >= 15 is 0 Å². The summed E-state index contributed by atoms with van der Waals surface area (Å²) in [7, 11) is 0. The van der Waals surface area contributed by atoms with Gasteiger partial charge in [0.25, 0.3) is 0 Å². The molecule has 1 aromatic rings. The summed E-state index contributed by atoms with van der Waals surface area (Å²) in [5.41, 5.74) is 1.38. The first kappa shape index (κ1) is 11.6. The lowest BCUT2D eigenvalue weighted by atomic mass is 9.93. The molecule has 0 aliphatic carbocycles. The van der Waals surface area contributed by atoms with E-state index in [-0.39, 0.29) is 0 Å². The van der Waals surface area contributed by atoms with Gasteiger partial charge < -0.3 is 10.6 Å². The largest absolute Gasteiger partial charge is 0.315 e. The summed E-state index contributed by atoms with van der Waals surface area (Å²) in [6, 6.07) is 11.7. The minimum atomic E-state index is 0.438. The molecular formula is C14H22N2. The molecule has 0 saturated carbocycles. The summed E-state index contributed by atoms with van der Waals surface area (Å²) in [4.78, 5) is 0. The van der Waals surface area contributed by atoms with E-state index in [1.54, 1.807) is 0 Å². The predicted octanol–water partition coefficient (Wildman–Crippen LogP) is 2.34. The monoisotopic (exact) mass is 218 g/mol. The molecule has 0 bridgehead atoms. The van der Waals surface area contributed by atoms with Gasteiger partial charge in [-0.2, -0.15) is 0 Å². The Morgan fingerprint density at radius 1 is 1.31 bits per heavy atom. The van der Waals surface area contributed by atoms with Crippen LogP contribution in [0.25, 0.3) is 0 Å². The Morgan fingerprint density at radius 2 is 2.06 bits per heavy atom. The highest BCUT2D eigenvalue weighted by Crippen LogP contribution is 2.17. The molecule has 3 atom stereocenters. The molecule has 16 heavy (non-hydrogen) atoms. The molecule has 2 nitrogen and oxygen atoms in total.